The fraction of sp³-hybridized carbons (Fsp3) is 0.500. The molecule has 0 spiro atoms. The van der Waals surface area contributed by atoms with Gasteiger partial charge in [0, 0.05) is 46.4 Å². The lowest BCUT2D eigenvalue weighted by Gasteiger charge is -2.34. The number of piperazine rings is 1. The minimum absolute atomic E-state index is 0.140. The summed E-state index contributed by atoms with van der Waals surface area (Å²) in [5.41, 5.74) is 1.05. The molecule has 1 heterocycles. The van der Waals surface area contributed by atoms with Crippen LogP contribution in [0.3, 0.4) is 0 Å². The Morgan fingerprint density at radius 2 is 2.05 bits per heavy atom. The summed E-state index contributed by atoms with van der Waals surface area (Å²) in [4.78, 5) is 16.4. The average Bonchev–Trinajstić information content (AvgIpc) is 2.56. The Balaban J connectivity index is 1.81. The highest BCUT2D eigenvalue weighted by Gasteiger charge is 2.21. The number of nitriles is 1. The summed E-state index contributed by atoms with van der Waals surface area (Å²) in [7, 11) is 1.71. The van der Waals surface area contributed by atoms with Crippen molar-refractivity contribution in [2.45, 2.75) is 6.42 Å². The molecule has 1 aliphatic rings. The molecule has 1 aliphatic heterocycles. The minimum Gasteiger partial charge on any atom is -0.385 e. The van der Waals surface area contributed by atoms with Gasteiger partial charge in [0.15, 0.2) is 0 Å². The molecule has 0 radical (unpaired) electrons. The Morgan fingerprint density at radius 3 is 2.73 bits per heavy atom. The lowest BCUT2D eigenvalue weighted by molar-refractivity contribution is 0.130. The average molecular weight is 302 g/mol. The standard InChI is InChI=1S/C16H22N4O2/c1-22-12-4-7-19-8-10-20(11-9-19)16(21)18-15-6-3-2-5-14(15)13-17/h2-3,5-6H,4,7-12H2,1H3,(H,18,21). The number of nitrogens with zero attached hydrogens (tertiary/aromatic N) is 3. The third kappa shape index (κ3) is 4.45. The largest absolute Gasteiger partial charge is 0.385 e. The van der Waals surface area contributed by atoms with Crippen molar-refractivity contribution in [1.29, 1.82) is 5.26 Å². The fourth-order valence-corrected chi connectivity index (χ4v) is 2.49. The highest BCUT2D eigenvalue weighted by molar-refractivity contribution is 5.90. The lowest BCUT2D eigenvalue weighted by Crippen LogP contribution is -2.50. The second-order valence-corrected chi connectivity index (χ2v) is 5.26. The summed E-state index contributed by atoms with van der Waals surface area (Å²) < 4.78 is 5.05. The maximum atomic E-state index is 12.3. The third-order valence-corrected chi connectivity index (χ3v) is 3.77. The first-order valence-electron chi connectivity index (χ1n) is 7.51. The van der Waals surface area contributed by atoms with Gasteiger partial charge in [-0.05, 0) is 18.6 Å². The molecule has 0 aliphatic carbocycles. The van der Waals surface area contributed by atoms with Gasteiger partial charge >= 0.3 is 6.03 Å². The lowest BCUT2D eigenvalue weighted by atomic mass is 10.2. The molecule has 1 saturated heterocycles. The maximum Gasteiger partial charge on any atom is 0.321 e. The van der Waals surface area contributed by atoms with Crippen molar-refractivity contribution in [3.05, 3.63) is 29.8 Å². The van der Waals surface area contributed by atoms with Crippen molar-refractivity contribution < 1.29 is 9.53 Å². The molecule has 0 bridgehead atoms. The Kier molecular flexibility index (Phi) is 6.19. The van der Waals surface area contributed by atoms with E-state index in [0.717, 1.165) is 32.7 Å². The van der Waals surface area contributed by atoms with Crippen molar-refractivity contribution in [3.8, 4) is 6.07 Å². The highest BCUT2D eigenvalue weighted by Crippen LogP contribution is 2.14. The Labute approximate surface area is 131 Å². The quantitative estimate of drug-likeness (QED) is 0.841. The van der Waals surface area contributed by atoms with Crippen LogP contribution in [0.15, 0.2) is 24.3 Å². The Bertz CT molecular complexity index is 533. The summed E-state index contributed by atoms with van der Waals surface area (Å²) >= 11 is 0. The van der Waals surface area contributed by atoms with Gasteiger partial charge in [0.05, 0.1) is 11.3 Å². The SMILES string of the molecule is COCCCN1CCN(C(=O)Nc2ccccc2C#N)CC1. The zero-order valence-electron chi connectivity index (χ0n) is 12.9. The first-order chi connectivity index (χ1) is 10.7. The van der Waals surface area contributed by atoms with E-state index >= 15 is 0 Å². The number of rotatable bonds is 5. The number of ether oxygens (including phenoxy) is 1. The van der Waals surface area contributed by atoms with E-state index in [9.17, 15) is 4.79 Å². The summed E-state index contributed by atoms with van der Waals surface area (Å²) in [6.45, 7) is 4.92. The van der Waals surface area contributed by atoms with E-state index in [1.165, 1.54) is 0 Å². The summed E-state index contributed by atoms with van der Waals surface area (Å²) in [5, 5.41) is 11.9. The fourth-order valence-electron chi connectivity index (χ4n) is 2.49. The van der Waals surface area contributed by atoms with Crippen LogP contribution in [-0.2, 0) is 4.74 Å². The zero-order valence-corrected chi connectivity index (χ0v) is 12.9. The van der Waals surface area contributed by atoms with Crippen LogP contribution in [0.2, 0.25) is 0 Å². The van der Waals surface area contributed by atoms with Crippen molar-refractivity contribution in [2.75, 3.05) is 51.8 Å². The number of urea groups is 1. The Hall–Kier alpha value is -2.10. The first kappa shape index (κ1) is 16.3. The van der Waals surface area contributed by atoms with E-state index in [2.05, 4.69) is 16.3 Å². The van der Waals surface area contributed by atoms with Gasteiger partial charge in [0.1, 0.15) is 6.07 Å². The molecule has 22 heavy (non-hydrogen) atoms. The first-order valence-corrected chi connectivity index (χ1v) is 7.51. The molecule has 2 amide bonds. The van der Waals surface area contributed by atoms with Crippen LogP contribution >= 0.6 is 0 Å². The van der Waals surface area contributed by atoms with Crippen LogP contribution in [0, 0.1) is 11.3 Å². The highest BCUT2D eigenvalue weighted by atomic mass is 16.5. The minimum atomic E-state index is -0.140. The number of hydrogen-bond donors (Lipinski definition) is 1. The summed E-state index contributed by atoms with van der Waals surface area (Å²) in [6.07, 6.45) is 1.01. The predicted molar refractivity (Wildman–Crippen MR) is 84.7 cm³/mol. The molecule has 1 aromatic rings. The van der Waals surface area contributed by atoms with Gasteiger partial charge in [0.25, 0.3) is 0 Å². The van der Waals surface area contributed by atoms with E-state index in [1.807, 2.05) is 6.07 Å². The maximum absolute atomic E-state index is 12.3. The number of benzene rings is 1. The molecule has 1 N–H and O–H groups in total. The van der Waals surface area contributed by atoms with Gasteiger partial charge in [-0.2, -0.15) is 5.26 Å². The molecule has 1 aromatic carbocycles. The van der Waals surface area contributed by atoms with Crippen molar-refractivity contribution in [2.24, 2.45) is 0 Å². The van der Waals surface area contributed by atoms with Crippen LogP contribution in [0.5, 0.6) is 0 Å². The third-order valence-electron chi connectivity index (χ3n) is 3.77. The number of carbonyl (C=O) groups excluding carboxylic acids is 1. The second kappa shape index (κ2) is 8.37. The smallest absolute Gasteiger partial charge is 0.321 e. The molecule has 6 nitrogen and oxygen atoms in total. The molecule has 0 unspecified atom stereocenters. The van der Waals surface area contributed by atoms with Crippen molar-refractivity contribution >= 4 is 11.7 Å². The van der Waals surface area contributed by atoms with Crippen LogP contribution in [-0.4, -0.2) is 62.3 Å². The zero-order chi connectivity index (χ0) is 15.8. The number of para-hydroxylation sites is 1. The van der Waals surface area contributed by atoms with E-state index in [-0.39, 0.29) is 6.03 Å². The van der Waals surface area contributed by atoms with Crippen LogP contribution in [0.1, 0.15) is 12.0 Å². The molecular weight excluding hydrogens is 280 g/mol. The monoisotopic (exact) mass is 302 g/mol. The van der Waals surface area contributed by atoms with Gasteiger partial charge < -0.3 is 15.0 Å². The number of methoxy groups -OCH3 is 1. The molecule has 118 valence electrons. The van der Waals surface area contributed by atoms with Crippen LogP contribution in [0.25, 0.3) is 0 Å². The molecule has 0 atom stereocenters. The van der Waals surface area contributed by atoms with E-state index in [0.29, 0.717) is 24.3 Å². The number of nitrogens with one attached hydrogen (secondary N) is 1. The number of carbonyl (C=O) groups is 1. The second-order valence-electron chi connectivity index (χ2n) is 5.26. The molecule has 2 rings (SSSR count). The van der Waals surface area contributed by atoms with Gasteiger partial charge in [-0.1, -0.05) is 12.1 Å². The van der Waals surface area contributed by atoms with Crippen molar-refractivity contribution in [1.82, 2.24) is 9.80 Å². The van der Waals surface area contributed by atoms with Crippen LogP contribution < -0.4 is 5.32 Å². The van der Waals surface area contributed by atoms with Gasteiger partial charge in [0.2, 0.25) is 0 Å². The van der Waals surface area contributed by atoms with E-state index < -0.39 is 0 Å². The van der Waals surface area contributed by atoms with Crippen LogP contribution in [0.4, 0.5) is 10.5 Å². The van der Waals surface area contributed by atoms with Gasteiger partial charge in [-0.25, -0.2) is 4.79 Å². The van der Waals surface area contributed by atoms with E-state index in [1.54, 1.807) is 30.2 Å². The van der Waals surface area contributed by atoms with E-state index in [4.69, 9.17) is 10.00 Å². The van der Waals surface area contributed by atoms with Crippen molar-refractivity contribution in [3.63, 3.8) is 0 Å². The molecular formula is C16H22N4O2. The predicted octanol–water partition coefficient (Wildman–Crippen LogP) is 1.74. The van der Waals surface area contributed by atoms with Gasteiger partial charge in [-0.15, -0.1) is 0 Å². The molecule has 6 heteroatoms. The summed E-state index contributed by atoms with van der Waals surface area (Å²) in [6, 6.07) is 8.99. The van der Waals surface area contributed by atoms with Gasteiger partial charge in [-0.3, -0.25) is 4.90 Å². The Morgan fingerprint density at radius 1 is 1.32 bits per heavy atom. The summed E-state index contributed by atoms with van der Waals surface area (Å²) in [5.74, 6) is 0. The number of amides is 2. The number of anilines is 1. The topological polar surface area (TPSA) is 68.6 Å². The molecule has 0 aromatic heterocycles. The normalized spacial score (nSPS) is 15.4. The molecule has 0 saturated carbocycles. The number of hydrogen-bond acceptors (Lipinski definition) is 4. The molecule has 1 fully saturated rings.